The zero-order chi connectivity index (χ0) is 24.2. The minimum Gasteiger partial charge on any atom is -0.434 e. The SMILES string of the molecule is CSC(=NC(=O)c1ccc2c(=O)n(C)n(Cc3ccccc3OC(F)F)c2c1)N1CCOCC1. The lowest BCUT2D eigenvalue weighted by molar-refractivity contribution is -0.0505. The van der Waals surface area contributed by atoms with Crippen molar-refractivity contribution in [1.29, 1.82) is 0 Å². The van der Waals surface area contributed by atoms with E-state index < -0.39 is 12.5 Å². The van der Waals surface area contributed by atoms with Gasteiger partial charge in [-0.2, -0.15) is 13.8 Å². The van der Waals surface area contributed by atoms with E-state index in [4.69, 9.17) is 4.74 Å². The third-order valence-corrected chi connectivity index (χ3v) is 6.29. The Morgan fingerprint density at radius 2 is 1.94 bits per heavy atom. The number of hydrogen-bond donors (Lipinski definition) is 0. The summed E-state index contributed by atoms with van der Waals surface area (Å²) in [5, 5.41) is 1.02. The Hall–Kier alpha value is -3.18. The quantitative estimate of drug-likeness (QED) is 0.404. The Balaban J connectivity index is 1.70. The van der Waals surface area contributed by atoms with Gasteiger partial charge in [0.25, 0.3) is 11.5 Å². The summed E-state index contributed by atoms with van der Waals surface area (Å²) in [7, 11) is 1.59. The van der Waals surface area contributed by atoms with E-state index in [9.17, 15) is 18.4 Å². The number of amidine groups is 1. The number of nitrogens with zero attached hydrogens (tertiary/aromatic N) is 4. The van der Waals surface area contributed by atoms with E-state index >= 15 is 0 Å². The molecule has 2 aromatic carbocycles. The van der Waals surface area contributed by atoms with Crippen LogP contribution in [-0.4, -0.2) is 64.5 Å². The number of rotatable bonds is 5. The van der Waals surface area contributed by atoms with Gasteiger partial charge >= 0.3 is 6.61 Å². The molecule has 1 aromatic heterocycles. The minimum absolute atomic E-state index is 0.0266. The van der Waals surface area contributed by atoms with Crippen LogP contribution in [0.2, 0.25) is 0 Å². The highest BCUT2D eigenvalue weighted by molar-refractivity contribution is 8.13. The Kier molecular flexibility index (Phi) is 7.32. The maximum Gasteiger partial charge on any atom is 0.387 e. The molecule has 0 aliphatic carbocycles. The first-order valence-electron chi connectivity index (χ1n) is 10.6. The number of hydrogen-bond acceptors (Lipinski definition) is 5. The molecule has 1 aliphatic heterocycles. The van der Waals surface area contributed by atoms with Crippen LogP contribution in [-0.2, 0) is 18.3 Å². The zero-order valence-corrected chi connectivity index (χ0v) is 19.6. The number of amides is 1. The topological polar surface area (TPSA) is 78.1 Å². The lowest BCUT2D eigenvalue weighted by Gasteiger charge is -2.28. The zero-order valence-electron chi connectivity index (χ0n) is 18.7. The van der Waals surface area contributed by atoms with Gasteiger partial charge < -0.3 is 14.4 Å². The fourth-order valence-electron chi connectivity index (χ4n) is 3.85. The standard InChI is InChI=1S/C23H24F2N4O4S/c1-27-21(31)17-8-7-15(20(30)26-23(34-2)28-9-11-32-12-10-28)13-18(17)29(27)14-16-5-3-4-6-19(16)33-22(24)25/h3-8,13,22H,9-12,14H2,1-2H3. The Morgan fingerprint density at radius 3 is 2.65 bits per heavy atom. The summed E-state index contributed by atoms with van der Waals surface area (Å²) in [6.45, 7) is -0.401. The molecule has 180 valence electrons. The molecular weight excluding hydrogens is 466 g/mol. The molecule has 2 heterocycles. The number of aliphatic imine (C=N–C) groups is 1. The van der Waals surface area contributed by atoms with E-state index in [1.807, 2.05) is 11.2 Å². The fourth-order valence-corrected chi connectivity index (χ4v) is 4.47. The molecule has 1 amide bonds. The van der Waals surface area contributed by atoms with Gasteiger partial charge in [-0.25, -0.2) is 0 Å². The van der Waals surface area contributed by atoms with E-state index in [-0.39, 0.29) is 17.9 Å². The predicted octanol–water partition coefficient (Wildman–Crippen LogP) is 3.18. The number of morpholine rings is 1. The molecule has 0 spiro atoms. The monoisotopic (exact) mass is 490 g/mol. The Morgan fingerprint density at radius 1 is 1.21 bits per heavy atom. The van der Waals surface area contributed by atoms with Crippen LogP contribution in [0.1, 0.15) is 15.9 Å². The van der Waals surface area contributed by atoms with Crippen molar-refractivity contribution in [2.24, 2.45) is 12.0 Å². The average Bonchev–Trinajstić information content (AvgIpc) is 3.08. The molecule has 0 atom stereocenters. The van der Waals surface area contributed by atoms with E-state index in [1.165, 1.54) is 22.5 Å². The average molecular weight is 491 g/mol. The van der Waals surface area contributed by atoms with Crippen LogP contribution < -0.4 is 10.3 Å². The largest absolute Gasteiger partial charge is 0.434 e. The maximum absolute atomic E-state index is 13.0. The van der Waals surface area contributed by atoms with Crippen molar-refractivity contribution >= 4 is 33.7 Å². The van der Waals surface area contributed by atoms with Gasteiger partial charge in [-0.05, 0) is 30.5 Å². The van der Waals surface area contributed by atoms with Gasteiger partial charge in [0, 0.05) is 31.3 Å². The molecule has 8 nitrogen and oxygen atoms in total. The molecule has 0 bridgehead atoms. The van der Waals surface area contributed by atoms with Crippen LogP contribution in [0.15, 0.2) is 52.3 Å². The van der Waals surface area contributed by atoms with Crippen LogP contribution in [0.25, 0.3) is 10.9 Å². The summed E-state index contributed by atoms with van der Waals surface area (Å²) in [5.41, 5.74) is 1.03. The first-order valence-corrected chi connectivity index (χ1v) is 11.8. The van der Waals surface area contributed by atoms with Crippen molar-refractivity contribution in [2.45, 2.75) is 13.2 Å². The van der Waals surface area contributed by atoms with E-state index in [0.717, 1.165) is 0 Å². The number of ether oxygens (including phenoxy) is 2. The van der Waals surface area contributed by atoms with Gasteiger partial charge in [0.05, 0.1) is 30.7 Å². The van der Waals surface area contributed by atoms with Crippen LogP contribution in [0, 0.1) is 0 Å². The van der Waals surface area contributed by atoms with Crippen LogP contribution in [0.5, 0.6) is 5.75 Å². The molecule has 0 N–H and O–H groups in total. The summed E-state index contributed by atoms with van der Waals surface area (Å²) >= 11 is 1.39. The number of para-hydroxylation sites is 1. The van der Waals surface area contributed by atoms with Gasteiger partial charge in [-0.1, -0.05) is 30.0 Å². The highest BCUT2D eigenvalue weighted by atomic mass is 32.2. The molecule has 3 aromatic rings. The number of thioether (sulfide) groups is 1. The number of benzene rings is 2. The number of carbonyl (C=O) groups excluding carboxylic acids is 1. The van der Waals surface area contributed by atoms with E-state index in [0.29, 0.717) is 53.5 Å². The highest BCUT2D eigenvalue weighted by Gasteiger charge is 2.19. The number of alkyl halides is 2. The smallest absolute Gasteiger partial charge is 0.387 e. The van der Waals surface area contributed by atoms with Gasteiger partial charge in [-0.15, -0.1) is 0 Å². The van der Waals surface area contributed by atoms with Gasteiger partial charge in [0.15, 0.2) is 5.17 Å². The number of halogens is 2. The fraction of sp³-hybridized carbons (Fsp3) is 0.348. The van der Waals surface area contributed by atoms with Gasteiger partial charge in [0.1, 0.15) is 5.75 Å². The third-order valence-electron chi connectivity index (χ3n) is 5.58. The molecule has 1 saturated heterocycles. The summed E-state index contributed by atoms with van der Waals surface area (Å²) in [6, 6.07) is 11.2. The Bertz CT molecular complexity index is 1280. The maximum atomic E-state index is 13.0. The second kappa shape index (κ2) is 10.4. The summed E-state index contributed by atoms with van der Waals surface area (Å²) in [6.07, 6.45) is 1.86. The third kappa shape index (κ3) is 5.00. The molecule has 0 unspecified atom stereocenters. The lowest BCUT2D eigenvalue weighted by atomic mass is 10.1. The first kappa shape index (κ1) is 24.0. The minimum atomic E-state index is -2.97. The van der Waals surface area contributed by atoms with Crippen LogP contribution in [0.3, 0.4) is 0 Å². The summed E-state index contributed by atoms with van der Waals surface area (Å²) in [4.78, 5) is 32.1. The normalized spacial score (nSPS) is 14.7. The van der Waals surface area contributed by atoms with Gasteiger partial charge in [-0.3, -0.25) is 19.0 Å². The van der Waals surface area contributed by atoms with E-state index in [2.05, 4.69) is 9.73 Å². The molecular formula is C23H24F2N4O4S. The van der Waals surface area contributed by atoms with Crippen molar-refractivity contribution in [3.8, 4) is 5.75 Å². The second-order valence-corrected chi connectivity index (χ2v) is 8.38. The molecule has 11 heteroatoms. The lowest BCUT2D eigenvalue weighted by Crippen LogP contribution is -2.39. The number of fused-ring (bicyclic) bond motifs is 1. The van der Waals surface area contributed by atoms with Crippen LogP contribution >= 0.6 is 11.8 Å². The summed E-state index contributed by atoms with van der Waals surface area (Å²) < 4.78 is 38.7. The van der Waals surface area contributed by atoms with Crippen molar-refractivity contribution in [3.63, 3.8) is 0 Å². The highest BCUT2D eigenvalue weighted by Crippen LogP contribution is 2.23. The molecule has 34 heavy (non-hydrogen) atoms. The van der Waals surface area contributed by atoms with E-state index in [1.54, 1.807) is 48.1 Å². The first-order chi connectivity index (χ1) is 16.4. The summed E-state index contributed by atoms with van der Waals surface area (Å²) in [5.74, 6) is -0.402. The second-order valence-electron chi connectivity index (χ2n) is 7.61. The van der Waals surface area contributed by atoms with Gasteiger partial charge in [0.2, 0.25) is 0 Å². The molecule has 1 aliphatic rings. The van der Waals surface area contributed by atoms with Crippen molar-refractivity contribution in [1.82, 2.24) is 14.3 Å². The molecule has 1 fully saturated rings. The van der Waals surface area contributed by atoms with Crippen LogP contribution in [0.4, 0.5) is 8.78 Å². The number of aromatic nitrogens is 2. The predicted molar refractivity (Wildman–Crippen MR) is 127 cm³/mol. The number of carbonyl (C=O) groups is 1. The molecule has 0 saturated carbocycles. The van der Waals surface area contributed by atoms with Crippen molar-refractivity contribution in [3.05, 3.63) is 63.9 Å². The molecule has 4 rings (SSSR count). The Labute approximate surface area is 198 Å². The van der Waals surface area contributed by atoms with Crippen molar-refractivity contribution in [2.75, 3.05) is 32.6 Å². The van der Waals surface area contributed by atoms with Crippen molar-refractivity contribution < 1.29 is 23.0 Å². The molecule has 0 radical (unpaired) electrons.